The number of methoxy groups -OCH3 is 1. The van der Waals surface area contributed by atoms with Gasteiger partial charge in [0, 0.05) is 25.1 Å². The molecule has 2 aromatic carbocycles. The number of carbonyl (C=O) groups is 2. The molecule has 0 radical (unpaired) electrons. The van der Waals surface area contributed by atoms with Crippen LogP contribution in [0.3, 0.4) is 0 Å². The molecule has 1 atom stereocenters. The van der Waals surface area contributed by atoms with Gasteiger partial charge < -0.3 is 14.7 Å². The highest BCUT2D eigenvalue weighted by Gasteiger charge is 2.34. The van der Waals surface area contributed by atoms with E-state index in [9.17, 15) is 9.59 Å². The molecule has 5 heteroatoms. The Labute approximate surface area is 128 Å². The number of carbonyl (C=O) groups excluding carboxylic acids is 1. The molecule has 1 saturated heterocycles. The largest absolute Gasteiger partial charge is 0.496 e. The summed E-state index contributed by atoms with van der Waals surface area (Å²) in [6.07, 6.45) is 0.0718. The predicted molar refractivity (Wildman–Crippen MR) is 81.7 cm³/mol. The van der Waals surface area contributed by atoms with Gasteiger partial charge in [-0.15, -0.1) is 0 Å². The molecule has 5 nitrogen and oxygen atoms in total. The lowest BCUT2D eigenvalue weighted by Crippen LogP contribution is -2.26. The summed E-state index contributed by atoms with van der Waals surface area (Å²) in [5.41, 5.74) is 0.917. The lowest BCUT2D eigenvalue weighted by atomic mass is 10.0. The maximum atomic E-state index is 12.1. The summed E-state index contributed by atoms with van der Waals surface area (Å²) >= 11 is 0. The Kier molecular flexibility index (Phi) is 3.71. The number of nitrogens with zero attached hydrogens (tertiary/aromatic N) is 1. The van der Waals surface area contributed by atoms with Gasteiger partial charge in [0.2, 0.25) is 5.91 Å². The van der Waals surface area contributed by atoms with E-state index in [-0.39, 0.29) is 18.9 Å². The molecule has 1 N–H and O–H groups in total. The number of hydrogen-bond acceptors (Lipinski definition) is 3. The molecular weight excluding hydrogens is 282 g/mol. The van der Waals surface area contributed by atoms with Crippen molar-refractivity contribution in [3.8, 4) is 5.75 Å². The molecule has 0 spiro atoms. The van der Waals surface area contributed by atoms with Crippen molar-refractivity contribution < 1.29 is 19.4 Å². The fourth-order valence-corrected chi connectivity index (χ4v) is 2.95. The van der Waals surface area contributed by atoms with E-state index >= 15 is 0 Å². The minimum absolute atomic E-state index is 0.0718. The van der Waals surface area contributed by atoms with Gasteiger partial charge in [-0.05, 0) is 16.8 Å². The van der Waals surface area contributed by atoms with E-state index in [2.05, 4.69) is 0 Å². The number of carboxylic acids is 1. The van der Waals surface area contributed by atoms with Crippen molar-refractivity contribution in [3.63, 3.8) is 0 Å². The fraction of sp³-hybridized carbons (Fsp3) is 0.294. The summed E-state index contributed by atoms with van der Waals surface area (Å²) in [5, 5.41) is 11.2. The number of ether oxygens (including phenoxy) is 1. The number of fused-ring (bicyclic) bond motifs is 1. The molecule has 1 aliphatic heterocycles. The Hall–Kier alpha value is -2.56. The van der Waals surface area contributed by atoms with Crippen molar-refractivity contribution in [2.24, 2.45) is 5.92 Å². The standard InChI is InChI=1S/C17H17NO4/c1-22-15-7-6-11-4-2-3-5-13(11)14(15)10-18-9-12(17(20)21)8-16(18)19/h2-7,12H,8-10H2,1H3,(H,20,21). The first kappa shape index (κ1) is 14.4. The Bertz CT molecular complexity index is 741. The molecule has 1 heterocycles. The van der Waals surface area contributed by atoms with E-state index in [1.807, 2.05) is 36.4 Å². The molecule has 1 amide bonds. The van der Waals surface area contributed by atoms with Gasteiger partial charge in [-0.25, -0.2) is 0 Å². The van der Waals surface area contributed by atoms with Crippen LogP contribution in [0.5, 0.6) is 5.75 Å². The Balaban J connectivity index is 1.96. The van der Waals surface area contributed by atoms with Crippen LogP contribution in [0.1, 0.15) is 12.0 Å². The smallest absolute Gasteiger partial charge is 0.308 e. The van der Waals surface area contributed by atoms with Crippen LogP contribution in [0.25, 0.3) is 10.8 Å². The van der Waals surface area contributed by atoms with Crippen molar-refractivity contribution >= 4 is 22.6 Å². The lowest BCUT2D eigenvalue weighted by Gasteiger charge is -2.19. The summed E-state index contributed by atoms with van der Waals surface area (Å²) in [5.74, 6) is -0.943. The third-order valence-electron chi connectivity index (χ3n) is 4.13. The van der Waals surface area contributed by atoms with E-state index in [1.165, 1.54) is 0 Å². The number of carboxylic acid groups (broad SMARTS) is 1. The molecule has 3 rings (SSSR count). The van der Waals surface area contributed by atoms with Crippen LogP contribution in [0, 0.1) is 5.92 Å². The van der Waals surface area contributed by atoms with Gasteiger partial charge in [0.05, 0.1) is 13.0 Å². The topological polar surface area (TPSA) is 66.8 Å². The molecule has 0 aromatic heterocycles. The third-order valence-corrected chi connectivity index (χ3v) is 4.13. The van der Waals surface area contributed by atoms with Crippen LogP contribution < -0.4 is 4.74 Å². The van der Waals surface area contributed by atoms with Gasteiger partial charge >= 0.3 is 5.97 Å². The molecule has 0 bridgehead atoms. The second-order valence-electron chi connectivity index (χ2n) is 5.48. The highest BCUT2D eigenvalue weighted by molar-refractivity contribution is 5.89. The normalized spacial score (nSPS) is 18.0. The Morgan fingerprint density at radius 2 is 2.09 bits per heavy atom. The van der Waals surface area contributed by atoms with E-state index < -0.39 is 11.9 Å². The number of amides is 1. The third kappa shape index (κ3) is 2.50. The first-order chi connectivity index (χ1) is 10.6. The molecule has 1 aliphatic rings. The zero-order valence-electron chi connectivity index (χ0n) is 12.3. The molecule has 2 aromatic rings. The molecule has 0 aliphatic carbocycles. The van der Waals surface area contributed by atoms with Crippen molar-refractivity contribution in [2.75, 3.05) is 13.7 Å². The summed E-state index contributed by atoms with van der Waals surface area (Å²) in [4.78, 5) is 24.7. The quantitative estimate of drug-likeness (QED) is 0.940. The Morgan fingerprint density at radius 3 is 2.77 bits per heavy atom. The number of likely N-dealkylation sites (tertiary alicyclic amines) is 1. The van der Waals surface area contributed by atoms with Crippen molar-refractivity contribution in [1.29, 1.82) is 0 Å². The molecule has 1 unspecified atom stereocenters. The predicted octanol–water partition coefficient (Wildman–Crippen LogP) is 2.28. The van der Waals surface area contributed by atoms with Gasteiger partial charge in [0.1, 0.15) is 5.75 Å². The summed E-state index contributed by atoms with van der Waals surface area (Å²) < 4.78 is 5.42. The zero-order chi connectivity index (χ0) is 15.7. The van der Waals surface area contributed by atoms with Crippen molar-refractivity contribution in [1.82, 2.24) is 4.90 Å². The molecule has 1 fully saturated rings. The van der Waals surface area contributed by atoms with Crippen molar-refractivity contribution in [3.05, 3.63) is 42.0 Å². The minimum atomic E-state index is -0.916. The van der Waals surface area contributed by atoms with Gasteiger partial charge in [-0.2, -0.15) is 0 Å². The van der Waals surface area contributed by atoms with Gasteiger partial charge in [0.15, 0.2) is 0 Å². The van der Waals surface area contributed by atoms with E-state index in [1.54, 1.807) is 12.0 Å². The van der Waals surface area contributed by atoms with E-state index in [4.69, 9.17) is 9.84 Å². The average molecular weight is 299 g/mol. The highest BCUT2D eigenvalue weighted by Crippen LogP contribution is 2.31. The number of aliphatic carboxylic acids is 1. The van der Waals surface area contributed by atoms with Crippen LogP contribution in [0.4, 0.5) is 0 Å². The molecule has 0 saturated carbocycles. The molecular formula is C17H17NO4. The van der Waals surface area contributed by atoms with Crippen LogP contribution >= 0.6 is 0 Å². The van der Waals surface area contributed by atoms with E-state index in [0.29, 0.717) is 12.3 Å². The Morgan fingerprint density at radius 1 is 1.32 bits per heavy atom. The maximum Gasteiger partial charge on any atom is 0.308 e. The second kappa shape index (κ2) is 5.67. The fourth-order valence-electron chi connectivity index (χ4n) is 2.95. The molecule has 114 valence electrons. The average Bonchev–Trinajstić information content (AvgIpc) is 2.89. The summed E-state index contributed by atoms with van der Waals surface area (Å²) in [6, 6.07) is 11.8. The first-order valence-electron chi connectivity index (χ1n) is 7.15. The first-order valence-corrected chi connectivity index (χ1v) is 7.15. The van der Waals surface area contributed by atoms with Gasteiger partial charge in [-0.1, -0.05) is 30.3 Å². The van der Waals surface area contributed by atoms with Crippen molar-refractivity contribution in [2.45, 2.75) is 13.0 Å². The summed E-state index contributed by atoms with van der Waals surface area (Å²) in [7, 11) is 1.60. The second-order valence-corrected chi connectivity index (χ2v) is 5.48. The van der Waals surface area contributed by atoms with Crippen LogP contribution in [0.2, 0.25) is 0 Å². The number of rotatable bonds is 4. The van der Waals surface area contributed by atoms with Crippen LogP contribution in [0.15, 0.2) is 36.4 Å². The highest BCUT2D eigenvalue weighted by atomic mass is 16.5. The maximum absolute atomic E-state index is 12.1. The SMILES string of the molecule is COc1ccc2ccccc2c1CN1CC(C(=O)O)CC1=O. The number of hydrogen-bond donors (Lipinski definition) is 1. The van der Waals surface area contributed by atoms with Gasteiger partial charge in [0.25, 0.3) is 0 Å². The summed E-state index contributed by atoms with van der Waals surface area (Å²) in [6.45, 7) is 0.619. The zero-order valence-corrected chi connectivity index (χ0v) is 12.3. The van der Waals surface area contributed by atoms with Gasteiger partial charge in [-0.3, -0.25) is 9.59 Å². The molecule has 22 heavy (non-hydrogen) atoms. The lowest BCUT2D eigenvalue weighted by molar-refractivity contribution is -0.141. The minimum Gasteiger partial charge on any atom is -0.496 e. The van der Waals surface area contributed by atoms with E-state index in [0.717, 1.165) is 16.3 Å². The van der Waals surface area contributed by atoms with Crippen LogP contribution in [-0.2, 0) is 16.1 Å². The monoisotopic (exact) mass is 299 g/mol. The van der Waals surface area contributed by atoms with Crippen LogP contribution in [-0.4, -0.2) is 35.5 Å². The number of benzene rings is 2.